The predicted molar refractivity (Wildman–Crippen MR) is 265 cm³/mol. The highest BCUT2D eigenvalue weighted by Crippen LogP contribution is 2.51. The Hall–Kier alpha value is -7.46. The van der Waals surface area contributed by atoms with E-state index in [9.17, 15) is 0 Å². The molecule has 0 spiro atoms. The summed E-state index contributed by atoms with van der Waals surface area (Å²) in [6, 6.07) is 73.5. The second-order valence-electron chi connectivity index (χ2n) is 17.2. The lowest BCUT2D eigenvalue weighted by Gasteiger charge is -2.28. The summed E-state index contributed by atoms with van der Waals surface area (Å²) in [5, 5.41) is 9.65. The summed E-state index contributed by atoms with van der Waals surface area (Å²) in [5.74, 6) is 0. The highest BCUT2D eigenvalue weighted by atomic mass is 32.1. The molecule has 0 bridgehead atoms. The van der Waals surface area contributed by atoms with Crippen molar-refractivity contribution in [2.75, 3.05) is 4.90 Å². The number of benzene rings is 10. The topological polar surface area (TPSA) is 16.4 Å². The molecule has 0 atom stereocenters. The van der Waals surface area contributed by atoms with Crippen molar-refractivity contribution in [1.29, 1.82) is 0 Å². The van der Waals surface area contributed by atoms with E-state index in [4.69, 9.17) is 4.42 Å². The van der Waals surface area contributed by atoms with Gasteiger partial charge in [-0.1, -0.05) is 178 Å². The van der Waals surface area contributed by atoms with Crippen LogP contribution in [0.25, 0.3) is 97.0 Å². The third-order valence-corrected chi connectivity index (χ3v) is 14.8. The molecule has 0 N–H and O–H groups in total. The molecule has 10 aromatic carbocycles. The molecular formula is C59H39NOS. The summed E-state index contributed by atoms with van der Waals surface area (Å²) in [5.41, 5.74) is 15.1. The van der Waals surface area contributed by atoms with Gasteiger partial charge in [-0.05, 0) is 85.9 Å². The van der Waals surface area contributed by atoms with Gasteiger partial charge in [0.25, 0.3) is 0 Å². The van der Waals surface area contributed by atoms with Gasteiger partial charge < -0.3 is 9.32 Å². The Balaban J connectivity index is 1.02. The molecule has 3 heteroatoms. The van der Waals surface area contributed by atoms with Crippen LogP contribution in [0.3, 0.4) is 0 Å². The number of hydrogen-bond donors (Lipinski definition) is 0. The minimum Gasteiger partial charge on any atom is -0.453 e. The Kier molecular flexibility index (Phi) is 7.56. The fourth-order valence-corrected chi connectivity index (χ4v) is 11.8. The maximum absolute atomic E-state index is 7.06. The molecule has 62 heavy (non-hydrogen) atoms. The lowest BCUT2D eigenvalue weighted by Crippen LogP contribution is -2.14. The Labute approximate surface area is 363 Å². The lowest BCUT2D eigenvalue weighted by molar-refractivity contribution is 0.660. The second-order valence-corrected chi connectivity index (χ2v) is 18.2. The van der Waals surface area contributed by atoms with Gasteiger partial charge in [0.15, 0.2) is 5.58 Å². The Morgan fingerprint density at radius 3 is 1.82 bits per heavy atom. The van der Waals surface area contributed by atoms with E-state index in [1.807, 2.05) is 11.3 Å². The summed E-state index contributed by atoms with van der Waals surface area (Å²) in [4.78, 5) is 2.41. The van der Waals surface area contributed by atoms with Crippen molar-refractivity contribution in [2.24, 2.45) is 0 Å². The Morgan fingerprint density at radius 2 is 0.968 bits per heavy atom. The molecule has 1 aliphatic carbocycles. The number of para-hydroxylation sites is 2. The first-order valence-corrected chi connectivity index (χ1v) is 22.2. The summed E-state index contributed by atoms with van der Waals surface area (Å²) in [6.07, 6.45) is 0. The van der Waals surface area contributed by atoms with E-state index in [0.717, 1.165) is 50.0 Å². The Morgan fingerprint density at radius 1 is 0.387 bits per heavy atom. The van der Waals surface area contributed by atoms with E-state index in [1.54, 1.807) is 0 Å². The molecule has 0 amide bonds. The van der Waals surface area contributed by atoms with E-state index >= 15 is 0 Å². The largest absolute Gasteiger partial charge is 0.453 e. The zero-order valence-electron chi connectivity index (χ0n) is 34.3. The minimum absolute atomic E-state index is 0.0277. The van der Waals surface area contributed by atoms with Crippen molar-refractivity contribution in [3.05, 3.63) is 211 Å². The van der Waals surface area contributed by atoms with Crippen molar-refractivity contribution < 1.29 is 4.42 Å². The number of anilines is 3. The van der Waals surface area contributed by atoms with Crippen molar-refractivity contribution in [3.63, 3.8) is 0 Å². The molecule has 2 heterocycles. The third-order valence-electron chi connectivity index (χ3n) is 13.5. The van der Waals surface area contributed by atoms with Gasteiger partial charge >= 0.3 is 0 Å². The lowest BCUT2D eigenvalue weighted by atomic mass is 9.82. The van der Waals surface area contributed by atoms with Crippen LogP contribution in [0.5, 0.6) is 0 Å². The molecule has 0 unspecified atom stereocenters. The molecule has 0 radical (unpaired) electrons. The van der Waals surface area contributed by atoms with Crippen LogP contribution >= 0.6 is 11.3 Å². The number of furan rings is 1. The summed E-state index contributed by atoms with van der Waals surface area (Å²) in [6.45, 7) is 4.68. The molecule has 0 aliphatic heterocycles. The molecule has 0 saturated carbocycles. The van der Waals surface area contributed by atoms with Crippen LogP contribution in [0, 0.1) is 0 Å². The van der Waals surface area contributed by atoms with Crippen molar-refractivity contribution in [1.82, 2.24) is 0 Å². The fourth-order valence-electron chi connectivity index (χ4n) is 10.4. The van der Waals surface area contributed by atoms with Gasteiger partial charge in [0.05, 0.1) is 11.4 Å². The van der Waals surface area contributed by atoms with Crippen molar-refractivity contribution in [3.8, 4) is 33.4 Å². The summed E-state index contributed by atoms with van der Waals surface area (Å²) < 4.78 is 9.67. The average Bonchev–Trinajstić information content (AvgIpc) is 3.98. The van der Waals surface area contributed by atoms with Crippen molar-refractivity contribution >= 4 is 92.1 Å². The first kappa shape index (κ1) is 35.3. The van der Waals surface area contributed by atoms with Crippen LogP contribution in [0.15, 0.2) is 205 Å². The summed E-state index contributed by atoms with van der Waals surface area (Å²) >= 11 is 1.90. The highest BCUT2D eigenvalue weighted by Gasteiger charge is 2.35. The van der Waals surface area contributed by atoms with E-state index in [-0.39, 0.29) is 5.41 Å². The van der Waals surface area contributed by atoms with E-state index in [2.05, 4.69) is 219 Å². The molecule has 292 valence electrons. The van der Waals surface area contributed by atoms with Gasteiger partial charge in [-0.15, -0.1) is 11.3 Å². The van der Waals surface area contributed by atoms with Crippen LogP contribution < -0.4 is 4.90 Å². The number of fused-ring (bicyclic) bond motifs is 13. The molecule has 1 aliphatic rings. The summed E-state index contributed by atoms with van der Waals surface area (Å²) in [7, 11) is 0. The zero-order valence-corrected chi connectivity index (χ0v) is 35.1. The van der Waals surface area contributed by atoms with Gasteiger partial charge in [0.1, 0.15) is 5.58 Å². The van der Waals surface area contributed by atoms with Crippen LogP contribution in [-0.4, -0.2) is 0 Å². The normalized spacial score (nSPS) is 13.1. The van der Waals surface area contributed by atoms with Gasteiger partial charge in [-0.2, -0.15) is 0 Å². The van der Waals surface area contributed by atoms with E-state index in [0.29, 0.717) is 0 Å². The first-order chi connectivity index (χ1) is 30.5. The maximum Gasteiger partial charge on any atom is 0.159 e. The van der Waals surface area contributed by atoms with Gasteiger partial charge in [0, 0.05) is 58.6 Å². The second kappa shape index (κ2) is 13.3. The average molecular weight is 810 g/mol. The number of hydrogen-bond acceptors (Lipinski definition) is 3. The van der Waals surface area contributed by atoms with Gasteiger partial charge in [-0.25, -0.2) is 0 Å². The minimum atomic E-state index is -0.0277. The zero-order chi connectivity index (χ0) is 41.1. The number of thiophene rings is 1. The number of nitrogens with zero attached hydrogens (tertiary/aromatic N) is 1. The standard InChI is InChI=1S/C59H39NOS/c1-59(2)51-22-9-7-17-43(51)50-35-39(29-34-52(50)59)36-25-30-40(31-26-36)60(54-24-12-19-45-46-32-27-37-13-3-5-15-41(37)55(46)61-56(45)54)53-23-10-8-18-44(53)47-20-11-21-48-49-33-28-38-14-4-6-16-42(38)57(49)62-58(47)48/h3-35H,1-2H3. The molecule has 0 fully saturated rings. The van der Waals surface area contributed by atoms with Crippen LogP contribution in [0.1, 0.15) is 25.0 Å². The van der Waals surface area contributed by atoms with Crippen LogP contribution in [-0.2, 0) is 5.41 Å². The SMILES string of the molecule is CC1(C)c2ccccc2-c2cc(-c3ccc(N(c4ccccc4-c4cccc5c4sc4c6ccccc6ccc54)c4cccc5c4oc4c6ccccc6ccc54)cc3)ccc21. The van der Waals surface area contributed by atoms with Crippen LogP contribution in [0.2, 0.25) is 0 Å². The first-order valence-electron chi connectivity index (χ1n) is 21.4. The predicted octanol–water partition coefficient (Wildman–Crippen LogP) is 17.4. The third kappa shape index (κ3) is 5.09. The van der Waals surface area contributed by atoms with E-state index < -0.39 is 0 Å². The molecule has 2 nitrogen and oxygen atoms in total. The van der Waals surface area contributed by atoms with Crippen molar-refractivity contribution in [2.45, 2.75) is 19.3 Å². The van der Waals surface area contributed by atoms with Gasteiger partial charge in [-0.3, -0.25) is 0 Å². The highest BCUT2D eigenvalue weighted by molar-refractivity contribution is 7.27. The van der Waals surface area contributed by atoms with Crippen LogP contribution in [0.4, 0.5) is 17.1 Å². The maximum atomic E-state index is 7.06. The molecule has 13 rings (SSSR count). The molecule has 12 aromatic rings. The van der Waals surface area contributed by atoms with Gasteiger partial charge in [0.2, 0.25) is 0 Å². The molecular weight excluding hydrogens is 771 g/mol. The molecule has 2 aromatic heterocycles. The quantitative estimate of drug-likeness (QED) is 0.172. The van der Waals surface area contributed by atoms with E-state index in [1.165, 1.54) is 75.3 Å². The molecule has 0 saturated heterocycles. The number of rotatable bonds is 5. The smallest absolute Gasteiger partial charge is 0.159 e. The fraction of sp³-hybridized carbons (Fsp3) is 0.0508. The Bertz CT molecular complexity index is 3790. The monoisotopic (exact) mass is 809 g/mol.